The third-order valence-electron chi connectivity index (χ3n) is 5.81. The van der Waals surface area contributed by atoms with E-state index < -0.39 is 11.9 Å². The number of pyridine rings is 1. The SMILES string of the molecule is Cc1nn(C[C@@H](O)CO)c(C)c1-c1cnc2[nH]cc([C@H](C)c3c(Cl)ccc(F)c3Cl)c2c1. The Morgan fingerprint density at radius 2 is 2.00 bits per heavy atom. The number of H-pyrrole nitrogens is 1. The highest BCUT2D eigenvalue weighted by Gasteiger charge is 2.23. The summed E-state index contributed by atoms with van der Waals surface area (Å²) in [4.78, 5) is 7.73. The zero-order chi connectivity index (χ0) is 23.2. The predicted molar refractivity (Wildman–Crippen MR) is 124 cm³/mol. The number of fused-ring (bicyclic) bond motifs is 1. The van der Waals surface area contributed by atoms with E-state index in [9.17, 15) is 9.50 Å². The zero-order valence-corrected chi connectivity index (χ0v) is 19.3. The van der Waals surface area contributed by atoms with Crippen LogP contribution in [0.15, 0.2) is 30.6 Å². The van der Waals surface area contributed by atoms with Crippen molar-refractivity contribution >= 4 is 34.2 Å². The Morgan fingerprint density at radius 3 is 2.72 bits per heavy atom. The standard InChI is InChI=1S/C23H23Cl2FN4O2/c1-11(20-18(24)4-5-19(26)22(20)25)17-8-28-23-16(17)6-14(7-27-23)21-12(2)29-30(13(21)3)9-15(32)10-31/h4-8,11,15,31-32H,9-10H2,1-3H3,(H,27,28)/t11-,15+/m0/s1. The Balaban J connectivity index is 1.81. The van der Waals surface area contributed by atoms with Gasteiger partial charge in [0, 0.05) is 45.5 Å². The molecule has 1 aromatic carbocycles. The Hall–Kier alpha value is -2.45. The number of hydrogen-bond donors (Lipinski definition) is 3. The highest BCUT2D eigenvalue weighted by Crippen LogP contribution is 2.40. The van der Waals surface area contributed by atoms with Gasteiger partial charge in [-0.3, -0.25) is 4.68 Å². The van der Waals surface area contributed by atoms with Crippen LogP contribution in [0.4, 0.5) is 4.39 Å². The molecule has 4 aromatic rings. The molecule has 6 nitrogen and oxygen atoms in total. The number of hydrogen-bond acceptors (Lipinski definition) is 4. The lowest BCUT2D eigenvalue weighted by molar-refractivity contribution is 0.0777. The molecule has 9 heteroatoms. The number of aromatic amines is 1. The molecule has 4 rings (SSSR count). The quantitative estimate of drug-likeness (QED) is 0.342. The topological polar surface area (TPSA) is 87.0 Å². The normalized spacial score (nSPS) is 13.6. The van der Waals surface area contributed by atoms with Gasteiger partial charge in [0.15, 0.2) is 0 Å². The molecule has 0 aliphatic carbocycles. The van der Waals surface area contributed by atoms with Crippen molar-refractivity contribution in [2.24, 2.45) is 0 Å². The summed E-state index contributed by atoms with van der Waals surface area (Å²) in [5.41, 5.74) is 5.53. The maximum atomic E-state index is 14.1. The molecule has 3 heterocycles. The Labute approximate surface area is 194 Å². The highest BCUT2D eigenvalue weighted by molar-refractivity contribution is 6.36. The van der Waals surface area contributed by atoms with Gasteiger partial charge in [0.25, 0.3) is 0 Å². The molecule has 0 amide bonds. The van der Waals surface area contributed by atoms with E-state index in [1.54, 1.807) is 10.9 Å². The summed E-state index contributed by atoms with van der Waals surface area (Å²) in [5, 5.41) is 24.8. The van der Waals surface area contributed by atoms with E-state index in [2.05, 4.69) is 15.1 Å². The van der Waals surface area contributed by atoms with E-state index in [4.69, 9.17) is 28.3 Å². The van der Waals surface area contributed by atoms with Gasteiger partial charge in [-0.25, -0.2) is 9.37 Å². The van der Waals surface area contributed by atoms with E-state index in [0.29, 0.717) is 16.2 Å². The fraction of sp³-hybridized carbons (Fsp3) is 0.304. The summed E-state index contributed by atoms with van der Waals surface area (Å²) in [6.45, 7) is 5.59. The first-order chi connectivity index (χ1) is 15.2. The molecule has 2 atom stereocenters. The number of benzene rings is 1. The van der Waals surface area contributed by atoms with E-state index in [-0.39, 0.29) is 24.1 Å². The molecule has 0 bridgehead atoms. The van der Waals surface area contributed by atoms with Crippen molar-refractivity contribution in [2.75, 3.05) is 6.61 Å². The molecule has 168 valence electrons. The van der Waals surface area contributed by atoms with Gasteiger partial charge in [-0.2, -0.15) is 5.10 Å². The second-order valence-electron chi connectivity index (χ2n) is 7.91. The number of rotatable bonds is 6. The van der Waals surface area contributed by atoms with Crippen LogP contribution in [-0.4, -0.2) is 42.7 Å². The van der Waals surface area contributed by atoms with Gasteiger partial charge in [-0.15, -0.1) is 0 Å². The van der Waals surface area contributed by atoms with Crippen LogP contribution in [0.1, 0.15) is 35.4 Å². The lowest BCUT2D eigenvalue weighted by Crippen LogP contribution is -2.21. The van der Waals surface area contributed by atoms with Gasteiger partial charge < -0.3 is 15.2 Å². The molecule has 3 N–H and O–H groups in total. The second kappa shape index (κ2) is 8.83. The van der Waals surface area contributed by atoms with Crippen LogP contribution in [0, 0.1) is 19.7 Å². The summed E-state index contributed by atoms with van der Waals surface area (Å²) >= 11 is 12.6. The third kappa shape index (κ3) is 3.90. The van der Waals surface area contributed by atoms with E-state index >= 15 is 0 Å². The number of aromatic nitrogens is 4. The fourth-order valence-corrected chi connectivity index (χ4v) is 4.86. The zero-order valence-electron chi connectivity index (χ0n) is 17.8. The van der Waals surface area contributed by atoms with Gasteiger partial charge in [0.2, 0.25) is 0 Å². The van der Waals surface area contributed by atoms with Gasteiger partial charge >= 0.3 is 0 Å². The van der Waals surface area contributed by atoms with Crippen molar-refractivity contribution in [3.63, 3.8) is 0 Å². The van der Waals surface area contributed by atoms with Crippen molar-refractivity contribution < 1.29 is 14.6 Å². The Bertz CT molecular complexity index is 1300. The van der Waals surface area contributed by atoms with E-state index in [1.807, 2.05) is 33.0 Å². The largest absolute Gasteiger partial charge is 0.394 e. The van der Waals surface area contributed by atoms with E-state index in [1.165, 1.54) is 12.1 Å². The summed E-state index contributed by atoms with van der Waals surface area (Å²) in [6.07, 6.45) is 2.71. The van der Waals surface area contributed by atoms with Crippen LogP contribution >= 0.6 is 23.2 Å². The average molecular weight is 477 g/mol. The first-order valence-electron chi connectivity index (χ1n) is 10.2. The first kappa shape index (κ1) is 22.7. The maximum Gasteiger partial charge on any atom is 0.142 e. The second-order valence-corrected chi connectivity index (χ2v) is 8.69. The third-order valence-corrected chi connectivity index (χ3v) is 6.52. The number of aliphatic hydroxyl groups is 2. The molecular formula is C23H23Cl2FN4O2. The van der Waals surface area contributed by atoms with Crippen LogP contribution in [0.3, 0.4) is 0 Å². The number of nitrogens with one attached hydrogen (secondary N) is 1. The molecule has 3 aromatic heterocycles. The molecule has 0 aliphatic heterocycles. The van der Waals surface area contributed by atoms with Crippen LogP contribution < -0.4 is 0 Å². The summed E-state index contributed by atoms with van der Waals surface area (Å²) in [7, 11) is 0. The first-order valence-corrected chi connectivity index (χ1v) is 10.9. The van der Waals surface area contributed by atoms with Crippen molar-refractivity contribution in [1.29, 1.82) is 0 Å². The van der Waals surface area contributed by atoms with Gasteiger partial charge in [-0.05, 0) is 43.2 Å². The predicted octanol–water partition coefficient (Wildman–Crippen LogP) is 4.99. The Morgan fingerprint density at radius 1 is 1.25 bits per heavy atom. The van der Waals surface area contributed by atoms with Crippen molar-refractivity contribution in [2.45, 2.75) is 39.3 Å². The van der Waals surface area contributed by atoms with Gasteiger partial charge in [-0.1, -0.05) is 30.1 Å². The molecule has 0 saturated carbocycles. The number of aryl methyl sites for hydroxylation is 1. The van der Waals surface area contributed by atoms with Crippen molar-refractivity contribution in [3.05, 3.63) is 69.0 Å². The van der Waals surface area contributed by atoms with Gasteiger partial charge in [0.1, 0.15) is 11.5 Å². The average Bonchev–Trinajstić information content (AvgIpc) is 3.30. The molecule has 0 aliphatic rings. The van der Waals surface area contributed by atoms with Crippen LogP contribution in [0.25, 0.3) is 22.2 Å². The molecule has 0 radical (unpaired) electrons. The maximum absolute atomic E-state index is 14.1. The molecule has 0 saturated heterocycles. The summed E-state index contributed by atoms with van der Waals surface area (Å²) in [6, 6.07) is 4.78. The highest BCUT2D eigenvalue weighted by atomic mass is 35.5. The number of halogens is 3. The fourth-order valence-electron chi connectivity index (χ4n) is 4.16. The molecule has 0 spiro atoms. The molecule has 0 unspecified atom stereocenters. The van der Waals surface area contributed by atoms with Crippen LogP contribution in [0.2, 0.25) is 10.0 Å². The smallest absolute Gasteiger partial charge is 0.142 e. The number of nitrogens with zero attached hydrogens (tertiary/aromatic N) is 3. The minimum absolute atomic E-state index is 0.0128. The summed E-state index contributed by atoms with van der Waals surface area (Å²) in [5.74, 6) is -0.790. The molecular weight excluding hydrogens is 454 g/mol. The summed E-state index contributed by atoms with van der Waals surface area (Å²) < 4.78 is 15.8. The van der Waals surface area contributed by atoms with Gasteiger partial charge in [0.05, 0.1) is 30.0 Å². The monoisotopic (exact) mass is 476 g/mol. The van der Waals surface area contributed by atoms with Crippen molar-refractivity contribution in [3.8, 4) is 11.1 Å². The Kier molecular flexibility index (Phi) is 6.27. The molecule has 0 fully saturated rings. The minimum atomic E-state index is -0.889. The lowest BCUT2D eigenvalue weighted by atomic mass is 9.92. The van der Waals surface area contributed by atoms with E-state index in [0.717, 1.165) is 33.5 Å². The van der Waals surface area contributed by atoms with Crippen molar-refractivity contribution in [1.82, 2.24) is 19.7 Å². The molecule has 32 heavy (non-hydrogen) atoms. The minimum Gasteiger partial charge on any atom is -0.394 e. The lowest BCUT2D eigenvalue weighted by Gasteiger charge is -2.16. The van der Waals surface area contributed by atoms with Crippen LogP contribution in [0.5, 0.6) is 0 Å². The number of aliphatic hydroxyl groups excluding tert-OH is 2. The van der Waals surface area contributed by atoms with Crippen LogP contribution in [-0.2, 0) is 6.54 Å².